The maximum Gasteiger partial charge on any atom is 0.260 e. The number of nitrogens with two attached hydrogens (primary N) is 1. The fourth-order valence-electron chi connectivity index (χ4n) is 2.64. The first kappa shape index (κ1) is 13.5. The van der Waals surface area contributed by atoms with Crippen LogP contribution in [0.25, 0.3) is 0 Å². The zero-order chi connectivity index (χ0) is 13.3. The molecule has 2 atom stereocenters. The van der Waals surface area contributed by atoms with Gasteiger partial charge in [0.15, 0.2) is 5.03 Å². The Bertz CT molecular complexity index is 511. The Labute approximate surface area is 108 Å². The first-order chi connectivity index (χ1) is 8.52. The van der Waals surface area contributed by atoms with Crippen LogP contribution in [0.15, 0.2) is 11.2 Å². The van der Waals surface area contributed by atoms with Crippen molar-refractivity contribution >= 4 is 10.0 Å². The molecule has 0 spiro atoms. The Balaban J connectivity index is 2.42. The minimum atomic E-state index is -3.51. The van der Waals surface area contributed by atoms with Gasteiger partial charge in [-0.2, -0.15) is 9.40 Å². The second-order valence-electron chi connectivity index (χ2n) is 4.75. The number of nitrogens with one attached hydrogen (secondary N) is 1. The molecular formula is C11H20N4O2S. The average Bonchev–Trinajstić information content (AvgIpc) is 2.94. The topological polar surface area (TPSA) is 92.1 Å². The molecule has 0 bridgehead atoms. The predicted molar refractivity (Wildman–Crippen MR) is 68.3 cm³/mol. The second-order valence-corrected chi connectivity index (χ2v) is 6.53. The van der Waals surface area contributed by atoms with Crippen LogP contribution in [0.4, 0.5) is 0 Å². The van der Waals surface area contributed by atoms with E-state index in [1.54, 1.807) is 4.31 Å². The van der Waals surface area contributed by atoms with Gasteiger partial charge in [-0.05, 0) is 26.2 Å². The highest BCUT2D eigenvalue weighted by Crippen LogP contribution is 2.32. The van der Waals surface area contributed by atoms with Crippen LogP contribution in [0.1, 0.15) is 38.7 Å². The predicted octanol–water partition coefficient (Wildman–Crippen LogP) is 0.820. The average molecular weight is 272 g/mol. The molecule has 2 unspecified atom stereocenters. The van der Waals surface area contributed by atoms with Gasteiger partial charge < -0.3 is 5.73 Å². The van der Waals surface area contributed by atoms with Gasteiger partial charge in [-0.1, -0.05) is 6.92 Å². The summed E-state index contributed by atoms with van der Waals surface area (Å²) in [6, 6.07) is 0.118. The van der Waals surface area contributed by atoms with Gasteiger partial charge in [0.1, 0.15) is 0 Å². The largest absolute Gasteiger partial charge is 0.326 e. The van der Waals surface area contributed by atoms with E-state index in [4.69, 9.17) is 5.73 Å². The minimum absolute atomic E-state index is 0.0360. The molecule has 0 saturated carbocycles. The summed E-state index contributed by atoms with van der Waals surface area (Å²) < 4.78 is 26.9. The fourth-order valence-corrected chi connectivity index (χ4v) is 4.71. The number of aromatic nitrogens is 2. The van der Waals surface area contributed by atoms with E-state index in [0.29, 0.717) is 5.56 Å². The van der Waals surface area contributed by atoms with Crippen LogP contribution in [0.2, 0.25) is 0 Å². The van der Waals surface area contributed by atoms with Gasteiger partial charge in [0, 0.05) is 24.2 Å². The van der Waals surface area contributed by atoms with Crippen LogP contribution in [-0.4, -0.2) is 35.0 Å². The number of rotatable bonds is 4. The molecule has 0 aliphatic carbocycles. The maximum absolute atomic E-state index is 12.7. The normalized spacial score (nSPS) is 25.7. The van der Waals surface area contributed by atoms with E-state index < -0.39 is 10.0 Å². The van der Waals surface area contributed by atoms with Crippen LogP contribution < -0.4 is 5.73 Å². The number of aromatic amines is 1. The van der Waals surface area contributed by atoms with Crippen molar-refractivity contribution in [3.63, 3.8) is 0 Å². The molecule has 0 radical (unpaired) electrons. The molecule has 0 aromatic carbocycles. The highest BCUT2D eigenvalue weighted by atomic mass is 32.2. The van der Waals surface area contributed by atoms with Gasteiger partial charge in [-0.3, -0.25) is 5.10 Å². The summed E-state index contributed by atoms with van der Waals surface area (Å²) in [6.45, 7) is 4.14. The molecule has 102 valence electrons. The molecule has 1 aliphatic heterocycles. The van der Waals surface area contributed by atoms with Crippen molar-refractivity contribution in [1.29, 1.82) is 0 Å². The summed E-state index contributed by atoms with van der Waals surface area (Å²) in [5.74, 6) is 0. The minimum Gasteiger partial charge on any atom is -0.326 e. The summed E-state index contributed by atoms with van der Waals surface area (Å²) in [7, 11) is -3.51. The third kappa shape index (κ3) is 2.06. The molecule has 1 aromatic rings. The number of H-pyrrole nitrogens is 1. The second kappa shape index (κ2) is 4.99. The van der Waals surface area contributed by atoms with E-state index in [2.05, 4.69) is 10.2 Å². The fraction of sp³-hybridized carbons (Fsp3) is 0.727. The highest BCUT2D eigenvalue weighted by molar-refractivity contribution is 7.89. The Hall–Kier alpha value is -0.920. The van der Waals surface area contributed by atoms with Gasteiger partial charge in [0.25, 0.3) is 10.0 Å². The number of hydrogen-bond acceptors (Lipinski definition) is 4. The van der Waals surface area contributed by atoms with E-state index in [-0.39, 0.29) is 23.7 Å². The van der Waals surface area contributed by atoms with E-state index in [1.165, 1.54) is 6.20 Å². The molecule has 1 fully saturated rings. The maximum atomic E-state index is 12.7. The summed E-state index contributed by atoms with van der Waals surface area (Å²) in [4.78, 5) is 0. The van der Waals surface area contributed by atoms with Crippen molar-refractivity contribution in [2.45, 2.75) is 56.8 Å². The van der Waals surface area contributed by atoms with Crippen molar-refractivity contribution in [2.24, 2.45) is 5.73 Å². The molecule has 1 saturated heterocycles. The van der Waals surface area contributed by atoms with E-state index in [0.717, 1.165) is 19.3 Å². The third-order valence-corrected chi connectivity index (χ3v) is 5.70. The zero-order valence-electron chi connectivity index (χ0n) is 10.8. The van der Waals surface area contributed by atoms with Crippen LogP contribution in [0.5, 0.6) is 0 Å². The molecule has 0 amide bonds. The van der Waals surface area contributed by atoms with Gasteiger partial charge in [-0.15, -0.1) is 0 Å². The van der Waals surface area contributed by atoms with Gasteiger partial charge >= 0.3 is 0 Å². The Morgan fingerprint density at radius 1 is 1.56 bits per heavy atom. The smallest absolute Gasteiger partial charge is 0.260 e. The summed E-state index contributed by atoms with van der Waals surface area (Å²) in [5.41, 5.74) is 6.09. The first-order valence-electron chi connectivity index (χ1n) is 6.28. The quantitative estimate of drug-likeness (QED) is 0.848. The van der Waals surface area contributed by atoms with E-state index >= 15 is 0 Å². The van der Waals surface area contributed by atoms with Crippen LogP contribution in [0, 0.1) is 0 Å². The van der Waals surface area contributed by atoms with Crippen molar-refractivity contribution in [1.82, 2.24) is 14.5 Å². The van der Waals surface area contributed by atoms with Gasteiger partial charge in [-0.25, -0.2) is 8.42 Å². The summed E-state index contributed by atoms with van der Waals surface area (Å²) in [5, 5.41) is 6.53. The molecule has 6 nitrogen and oxygen atoms in total. The van der Waals surface area contributed by atoms with Crippen molar-refractivity contribution in [3.8, 4) is 0 Å². The highest BCUT2D eigenvalue weighted by Gasteiger charge is 2.40. The lowest BCUT2D eigenvalue weighted by Crippen LogP contribution is -2.40. The zero-order valence-corrected chi connectivity index (χ0v) is 11.6. The van der Waals surface area contributed by atoms with Gasteiger partial charge in [0.05, 0.1) is 6.20 Å². The standard InChI is InChI=1S/C11H20N4O2S/c1-3-10-5-4-8(2)15(10)18(16,17)11-9(6-12)7-13-14-11/h7-8,10H,3-6,12H2,1-2H3,(H,13,14). The van der Waals surface area contributed by atoms with Crippen LogP contribution in [-0.2, 0) is 16.6 Å². The molecule has 1 aliphatic rings. The monoisotopic (exact) mass is 272 g/mol. The van der Waals surface area contributed by atoms with E-state index in [1.807, 2.05) is 13.8 Å². The number of sulfonamides is 1. The molecule has 1 aromatic heterocycles. The summed E-state index contributed by atoms with van der Waals surface area (Å²) >= 11 is 0. The van der Waals surface area contributed by atoms with E-state index in [9.17, 15) is 8.42 Å². The molecule has 7 heteroatoms. The molecule has 2 heterocycles. The SMILES string of the molecule is CCC1CCC(C)N1S(=O)(=O)c1[nH]ncc1CN. The Morgan fingerprint density at radius 2 is 2.28 bits per heavy atom. The van der Waals surface area contributed by atoms with Crippen molar-refractivity contribution in [3.05, 3.63) is 11.8 Å². The number of hydrogen-bond donors (Lipinski definition) is 2. The van der Waals surface area contributed by atoms with Crippen LogP contribution >= 0.6 is 0 Å². The van der Waals surface area contributed by atoms with Crippen LogP contribution in [0.3, 0.4) is 0 Å². The lowest BCUT2D eigenvalue weighted by atomic mass is 10.2. The number of nitrogens with zero attached hydrogens (tertiary/aromatic N) is 2. The Morgan fingerprint density at radius 3 is 2.89 bits per heavy atom. The summed E-state index contributed by atoms with van der Waals surface area (Å²) in [6.07, 6.45) is 4.14. The molecule has 2 rings (SSSR count). The van der Waals surface area contributed by atoms with Gasteiger partial charge in [0.2, 0.25) is 0 Å². The molecule has 3 N–H and O–H groups in total. The van der Waals surface area contributed by atoms with Crippen molar-refractivity contribution < 1.29 is 8.42 Å². The molecular weight excluding hydrogens is 252 g/mol. The lowest BCUT2D eigenvalue weighted by Gasteiger charge is -2.26. The van der Waals surface area contributed by atoms with Crippen molar-refractivity contribution in [2.75, 3.05) is 0 Å². The first-order valence-corrected chi connectivity index (χ1v) is 7.72. The third-order valence-electron chi connectivity index (χ3n) is 3.62. The Kier molecular flexibility index (Phi) is 3.74. The lowest BCUT2D eigenvalue weighted by molar-refractivity contribution is 0.327. The molecule has 18 heavy (non-hydrogen) atoms.